The van der Waals surface area contributed by atoms with Crippen molar-refractivity contribution in [2.75, 3.05) is 17.7 Å². The van der Waals surface area contributed by atoms with Gasteiger partial charge in [0.15, 0.2) is 0 Å². The van der Waals surface area contributed by atoms with Gasteiger partial charge in [-0.2, -0.15) is 0 Å². The van der Waals surface area contributed by atoms with Crippen LogP contribution in [-0.2, 0) is 10.5 Å². The molecule has 5 nitrogen and oxygen atoms in total. The highest BCUT2D eigenvalue weighted by molar-refractivity contribution is 6.14. The number of amides is 2. The summed E-state index contributed by atoms with van der Waals surface area (Å²) in [5.74, 6) is -1.11. The molecule has 4 rings (SSSR count). The van der Waals surface area contributed by atoms with Crippen molar-refractivity contribution in [3.8, 4) is 0 Å². The van der Waals surface area contributed by atoms with Crippen molar-refractivity contribution in [1.82, 2.24) is 4.90 Å². The number of likely N-dealkylation sites (N-methyl/N-ethyl adjacent to an activating group) is 1. The number of fused-ring (bicyclic) bond motifs is 3. The lowest BCUT2D eigenvalue weighted by molar-refractivity contribution is -0.124. The smallest absolute Gasteiger partial charge is 0.276 e. The van der Waals surface area contributed by atoms with Crippen molar-refractivity contribution < 1.29 is 14.0 Å². The van der Waals surface area contributed by atoms with Gasteiger partial charge in [-0.15, -0.1) is 0 Å². The number of hydrogen-bond donors (Lipinski definition) is 2. The van der Waals surface area contributed by atoms with Crippen molar-refractivity contribution in [3.05, 3.63) is 59.4 Å². The lowest BCUT2D eigenvalue weighted by Crippen LogP contribution is -2.59. The minimum Gasteiger partial charge on any atom is -0.350 e. The van der Waals surface area contributed by atoms with E-state index in [1.54, 1.807) is 31.3 Å². The van der Waals surface area contributed by atoms with E-state index in [1.165, 1.54) is 23.1 Å². The number of nitrogens with one attached hydrogen (secondary N) is 2. The van der Waals surface area contributed by atoms with Crippen LogP contribution in [-0.4, -0.2) is 23.8 Å². The molecule has 2 aromatic rings. The molecule has 6 heteroatoms. The molecule has 0 unspecified atom stereocenters. The molecule has 110 valence electrons. The summed E-state index contributed by atoms with van der Waals surface area (Å²) in [5, 5.41) is 5.79. The van der Waals surface area contributed by atoms with E-state index in [-0.39, 0.29) is 5.91 Å². The van der Waals surface area contributed by atoms with Crippen LogP contribution in [0.4, 0.5) is 15.8 Å². The Balaban J connectivity index is 1.96. The molecule has 0 fully saturated rings. The number of hydrogen-bond acceptors (Lipinski definition) is 3. The minimum absolute atomic E-state index is 0.262. The van der Waals surface area contributed by atoms with Crippen molar-refractivity contribution >= 4 is 23.2 Å². The monoisotopic (exact) mass is 297 g/mol. The van der Waals surface area contributed by atoms with Crippen LogP contribution in [0.25, 0.3) is 0 Å². The summed E-state index contributed by atoms with van der Waals surface area (Å²) < 4.78 is 13.4. The quantitative estimate of drug-likeness (QED) is 0.783. The Morgan fingerprint density at radius 3 is 2.68 bits per heavy atom. The van der Waals surface area contributed by atoms with E-state index in [2.05, 4.69) is 10.6 Å². The second kappa shape index (κ2) is 4.07. The van der Waals surface area contributed by atoms with Crippen molar-refractivity contribution in [2.45, 2.75) is 5.66 Å². The number of para-hydroxylation sites is 1. The SMILES string of the molecule is CN1C(=O)c2ccccc2N[C@@]12C(=O)Nc1cc(F)ccc12. The van der Waals surface area contributed by atoms with Gasteiger partial charge in [0.25, 0.3) is 11.8 Å². The first kappa shape index (κ1) is 12.8. The van der Waals surface area contributed by atoms with Gasteiger partial charge in [0.2, 0.25) is 5.66 Å². The second-order valence-electron chi connectivity index (χ2n) is 5.39. The Hall–Kier alpha value is -2.89. The predicted molar refractivity (Wildman–Crippen MR) is 78.9 cm³/mol. The van der Waals surface area contributed by atoms with E-state index in [1.807, 2.05) is 0 Å². The van der Waals surface area contributed by atoms with Gasteiger partial charge >= 0.3 is 0 Å². The molecule has 2 N–H and O–H groups in total. The standard InChI is InChI=1S/C16H12FN3O2/c1-20-14(21)10-4-2-3-5-12(10)19-16(20)11-7-6-9(17)8-13(11)18-15(16)22/h2-8,19H,1H3,(H,18,22)/t16-/m1/s1. The zero-order valence-corrected chi connectivity index (χ0v) is 11.7. The summed E-state index contributed by atoms with van der Waals surface area (Å²) in [4.78, 5) is 26.6. The molecule has 0 bridgehead atoms. The van der Waals surface area contributed by atoms with Gasteiger partial charge in [-0.3, -0.25) is 9.59 Å². The summed E-state index contributed by atoms with van der Waals surface area (Å²) in [6, 6.07) is 11.1. The molecule has 0 aromatic heterocycles. The van der Waals surface area contributed by atoms with Crippen LogP contribution in [0, 0.1) is 5.82 Å². The van der Waals surface area contributed by atoms with E-state index >= 15 is 0 Å². The number of carbonyl (C=O) groups excluding carboxylic acids is 2. The molecule has 22 heavy (non-hydrogen) atoms. The molecule has 2 aliphatic heterocycles. The average Bonchev–Trinajstić information content (AvgIpc) is 2.77. The van der Waals surface area contributed by atoms with Gasteiger partial charge in [0, 0.05) is 18.3 Å². The highest BCUT2D eigenvalue weighted by Crippen LogP contribution is 2.44. The zero-order valence-electron chi connectivity index (χ0n) is 11.7. The van der Waals surface area contributed by atoms with Crippen LogP contribution >= 0.6 is 0 Å². The third-order valence-electron chi connectivity index (χ3n) is 4.23. The fourth-order valence-electron chi connectivity index (χ4n) is 3.12. The normalized spacial score (nSPS) is 22.2. The summed E-state index contributed by atoms with van der Waals surface area (Å²) >= 11 is 0. The molecule has 1 spiro atoms. The molecular weight excluding hydrogens is 285 g/mol. The third-order valence-corrected chi connectivity index (χ3v) is 4.23. The molecule has 0 radical (unpaired) electrons. The van der Waals surface area contributed by atoms with Crippen LogP contribution in [0.5, 0.6) is 0 Å². The molecule has 2 heterocycles. The fourth-order valence-corrected chi connectivity index (χ4v) is 3.12. The van der Waals surface area contributed by atoms with Crippen molar-refractivity contribution in [2.24, 2.45) is 0 Å². The Labute approximate surface area is 125 Å². The van der Waals surface area contributed by atoms with Crippen LogP contribution in [0.1, 0.15) is 15.9 Å². The predicted octanol–water partition coefficient (Wildman–Crippen LogP) is 2.13. The van der Waals surface area contributed by atoms with E-state index in [0.29, 0.717) is 22.5 Å². The van der Waals surface area contributed by atoms with Gasteiger partial charge in [0.1, 0.15) is 5.82 Å². The second-order valence-corrected chi connectivity index (χ2v) is 5.39. The summed E-state index contributed by atoms with van der Waals surface area (Å²) in [6.45, 7) is 0. The number of anilines is 2. The van der Waals surface area contributed by atoms with E-state index in [4.69, 9.17) is 0 Å². The van der Waals surface area contributed by atoms with Gasteiger partial charge in [-0.25, -0.2) is 4.39 Å². The highest BCUT2D eigenvalue weighted by Gasteiger charge is 2.54. The maximum atomic E-state index is 13.4. The number of nitrogens with zero attached hydrogens (tertiary/aromatic N) is 1. The average molecular weight is 297 g/mol. The zero-order chi connectivity index (χ0) is 15.5. The number of benzene rings is 2. The first-order valence-corrected chi connectivity index (χ1v) is 6.81. The maximum absolute atomic E-state index is 13.4. The highest BCUT2D eigenvalue weighted by atomic mass is 19.1. The minimum atomic E-state index is -1.35. The molecule has 0 saturated carbocycles. The first-order chi connectivity index (χ1) is 10.5. The maximum Gasteiger partial charge on any atom is 0.276 e. The number of carbonyl (C=O) groups is 2. The Morgan fingerprint density at radius 1 is 1.09 bits per heavy atom. The van der Waals surface area contributed by atoms with Crippen LogP contribution in [0.3, 0.4) is 0 Å². The Kier molecular flexibility index (Phi) is 2.37. The third kappa shape index (κ3) is 1.41. The largest absolute Gasteiger partial charge is 0.350 e. The van der Waals surface area contributed by atoms with E-state index < -0.39 is 17.4 Å². The molecule has 2 aliphatic rings. The van der Waals surface area contributed by atoms with Crippen molar-refractivity contribution in [3.63, 3.8) is 0 Å². The number of halogens is 1. The Bertz CT molecular complexity index is 836. The van der Waals surface area contributed by atoms with Crippen LogP contribution < -0.4 is 10.6 Å². The van der Waals surface area contributed by atoms with Crippen LogP contribution in [0.2, 0.25) is 0 Å². The summed E-state index contributed by atoms with van der Waals surface area (Å²) in [6.07, 6.45) is 0. The van der Waals surface area contributed by atoms with E-state index in [9.17, 15) is 14.0 Å². The Morgan fingerprint density at radius 2 is 1.86 bits per heavy atom. The first-order valence-electron chi connectivity index (χ1n) is 6.81. The lowest BCUT2D eigenvalue weighted by atomic mass is 9.93. The molecular formula is C16H12FN3O2. The van der Waals surface area contributed by atoms with Gasteiger partial charge in [-0.1, -0.05) is 12.1 Å². The van der Waals surface area contributed by atoms with Gasteiger partial charge in [0.05, 0.1) is 11.3 Å². The van der Waals surface area contributed by atoms with Gasteiger partial charge in [-0.05, 0) is 30.3 Å². The molecule has 2 aromatic carbocycles. The lowest BCUT2D eigenvalue weighted by Gasteiger charge is -2.42. The summed E-state index contributed by atoms with van der Waals surface area (Å²) in [5.41, 5.74) is 0.631. The van der Waals surface area contributed by atoms with Crippen LogP contribution in [0.15, 0.2) is 42.5 Å². The molecule has 0 aliphatic carbocycles. The van der Waals surface area contributed by atoms with Crippen molar-refractivity contribution in [1.29, 1.82) is 0 Å². The number of rotatable bonds is 0. The van der Waals surface area contributed by atoms with E-state index in [0.717, 1.165) is 0 Å². The molecule has 0 saturated heterocycles. The summed E-state index contributed by atoms with van der Waals surface area (Å²) in [7, 11) is 1.56. The topological polar surface area (TPSA) is 61.4 Å². The van der Waals surface area contributed by atoms with Gasteiger partial charge < -0.3 is 15.5 Å². The molecule has 1 atom stereocenters. The molecule has 2 amide bonds. The fraction of sp³-hybridized carbons (Fsp3) is 0.125.